The summed E-state index contributed by atoms with van der Waals surface area (Å²) in [7, 11) is 0. The highest BCUT2D eigenvalue weighted by molar-refractivity contribution is 5.66. The molecule has 0 atom stereocenters. The van der Waals surface area contributed by atoms with Crippen LogP contribution in [0.15, 0.2) is 24.3 Å². The van der Waals surface area contributed by atoms with Crippen LogP contribution in [0.4, 0.5) is 0 Å². The van der Waals surface area contributed by atoms with E-state index in [1.807, 2.05) is 6.08 Å². The summed E-state index contributed by atoms with van der Waals surface area (Å²) < 4.78 is 0. The average Bonchev–Trinajstić information content (AvgIpc) is 2.50. The zero-order valence-electron chi connectivity index (χ0n) is 14.6. The number of carboxylic acids is 1. The zero-order chi connectivity index (χ0) is 16.3. The van der Waals surface area contributed by atoms with E-state index < -0.39 is 5.97 Å². The van der Waals surface area contributed by atoms with E-state index in [0.717, 1.165) is 12.8 Å². The molecule has 2 nitrogen and oxygen atoms in total. The Hall–Kier alpha value is -1.05. The maximum atomic E-state index is 10.3. The highest BCUT2D eigenvalue weighted by atomic mass is 16.4. The molecule has 0 bridgehead atoms. The maximum Gasteiger partial charge on any atom is 0.303 e. The van der Waals surface area contributed by atoms with Gasteiger partial charge in [0.25, 0.3) is 0 Å². The average molecular weight is 309 g/mol. The predicted molar refractivity (Wildman–Crippen MR) is 96.2 cm³/mol. The fourth-order valence-corrected chi connectivity index (χ4v) is 2.49. The predicted octanol–water partition coefficient (Wildman–Crippen LogP) is 6.66. The van der Waals surface area contributed by atoms with Crippen LogP contribution in [0.3, 0.4) is 0 Å². The van der Waals surface area contributed by atoms with Crippen molar-refractivity contribution >= 4 is 5.97 Å². The normalized spacial score (nSPS) is 11.7. The molecule has 0 radical (unpaired) electrons. The van der Waals surface area contributed by atoms with Crippen molar-refractivity contribution in [2.45, 2.75) is 96.8 Å². The van der Waals surface area contributed by atoms with Crippen LogP contribution in [0.2, 0.25) is 0 Å². The summed E-state index contributed by atoms with van der Waals surface area (Å²) in [6.45, 7) is 2.19. The van der Waals surface area contributed by atoms with Crippen molar-refractivity contribution in [3.05, 3.63) is 24.3 Å². The smallest absolute Gasteiger partial charge is 0.303 e. The minimum absolute atomic E-state index is 0.255. The van der Waals surface area contributed by atoms with Crippen molar-refractivity contribution in [3.8, 4) is 0 Å². The van der Waals surface area contributed by atoms with E-state index in [0.29, 0.717) is 6.42 Å². The Balaban J connectivity index is 3.08. The number of carbonyl (C=O) groups is 1. The van der Waals surface area contributed by atoms with E-state index in [4.69, 9.17) is 5.11 Å². The number of hydrogen-bond acceptors (Lipinski definition) is 1. The van der Waals surface area contributed by atoms with Gasteiger partial charge >= 0.3 is 5.97 Å². The van der Waals surface area contributed by atoms with Gasteiger partial charge in [0.15, 0.2) is 0 Å². The minimum Gasteiger partial charge on any atom is -0.481 e. The molecule has 0 saturated heterocycles. The van der Waals surface area contributed by atoms with Gasteiger partial charge in [-0.05, 0) is 38.5 Å². The SMILES string of the molecule is CC/C=C/CCCCCCCCCCC/C=C/CCC(=O)O. The molecule has 0 spiro atoms. The van der Waals surface area contributed by atoms with Gasteiger partial charge in [-0.1, -0.05) is 76.2 Å². The third kappa shape index (κ3) is 18.9. The summed E-state index contributed by atoms with van der Waals surface area (Å²) in [5.74, 6) is -0.706. The summed E-state index contributed by atoms with van der Waals surface area (Å²) in [4.78, 5) is 10.3. The summed E-state index contributed by atoms with van der Waals surface area (Å²) in [5, 5.41) is 8.50. The molecule has 2 heteroatoms. The second kappa shape index (κ2) is 18.0. The number of allylic oxidation sites excluding steroid dienone is 4. The highest BCUT2D eigenvalue weighted by Crippen LogP contribution is 2.11. The number of unbranched alkanes of at least 4 members (excludes halogenated alkanes) is 10. The van der Waals surface area contributed by atoms with Crippen molar-refractivity contribution in [2.24, 2.45) is 0 Å². The summed E-state index contributed by atoms with van der Waals surface area (Å²) in [6.07, 6.45) is 25.4. The van der Waals surface area contributed by atoms with Gasteiger partial charge in [0.2, 0.25) is 0 Å². The summed E-state index contributed by atoms with van der Waals surface area (Å²) >= 11 is 0. The van der Waals surface area contributed by atoms with E-state index in [-0.39, 0.29) is 6.42 Å². The molecule has 0 fully saturated rings. The Labute approximate surface area is 137 Å². The van der Waals surface area contributed by atoms with Crippen molar-refractivity contribution in [3.63, 3.8) is 0 Å². The first-order valence-corrected chi connectivity index (χ1v) is 9.29. The van der Waals surface area contributed by atoms with Gasteiger partial charge in [-0.15, -0.1) is 0 Å². The Morgan fingerprint density at radius 2 is 1.09 bits per heavy atom. The molecule has 0 aliphatic carbocycles. The van der Waals surface area contributed by atoms with Crippen LogP contribution in [0.1, 0.15) is 96.8 Å². The first kappa shape index (κ1) is 20.9. The van der Waals surface area contributed by atoms with Gasteiger partial charge in [-0.2, -0.15) is 0 Å². The molecular weight excluding hydrogens is 272 g/mol. The Morgan fingerprint density at radius 1 is 0.682 bits per heavy atom. The first-order chi connectivity index (χ1) is 10.8. The van der Waals surface area contributed by atoms with Crippen LogP contribution >= 0.6 is 0 Å². The van der Waals surface area contributed by atoms with Gasteiger partial charge in [-0.3, -0.25) is 4.79 Å². The lowest BCUT2D eigenvalue weighted by atomic mass is 10.1. The Morgan fingerprint density at radius 3 is 1.55 bits per heavy atom. The summed E-state index contributed by atoms with van der Waals surface area (Å²) in [6, 6.07) is 0. The van der Waals surface area contributed by atoms with Crippen molar-refractivity contribution in [2.75, 3.05) is 0 Å². The van der Waals surface area contributed by atoms with E-state index in [1.54, 1.807) is 0 Å². The fourth-order valence-electron chi connectivity index (χ4n) is 2.49. The lowest BCUT2D eigenvalue weighted by Gasteiger charge is -2.01. The molecule has 0 aromatic carbocycles. The molecule has 0 aliphatic heterocycles. The second-order valence-corrected chi connectivity index (χ2v) is 6.04. The van der Waals surface area contributed by atoms with E-state index in [9.17, 15) is 4.79 Å². The number of rotatable bonds is 16. The zero-order valence-corrected chi connectivity index (χ0v) is 14.6. The van der Waals surface area contributed by atoms with Crippen LogP contribution in [-0.2, 0) is 4.79 Å². The molecule has 0 aliphatic rings. The van der Waals surface area contributed by atoms with Crippen LogP contribution in [0, 0.1) is 0 Å². The lowest BCUT2D eigenvalue weighted by molar-refractivity contribution is -0.136. The van der Waals surface area contributed by atoms with Crippen LogP contribution < -0.4 is 0 Å². The van der Waals surface area contributed by atoms with Gasteiger partial charge in [0.05, 0.1) is 0 Å². The standard InChI is InChI=1S/C20H36O2/c1-2-3-4-5-6-7-8-9-10-11-12-13-14-15-16-17-18-19-20(21)22/h3-4,16-17H,2,5-15,18-19H2,1H3,(H,21,22)/b4-3+,17-16+. The third-order valence-electron chi connectivity index (χ3n) is 3.84. The van der Waals surface area contributed by atoms with Crippen LogP contribution in [0.25, 0.3) is 0 Å². The van der Waals surface area contributed by atoms with Gasteiger partial charge in [-0.25, -0.2) is 0 Å². The van der Waals surface area contributed by atoms with Crippen LogP contribution in [-0.4, -0.2) is 11.1 Å². The summed E-state index contributed by atoms with van der Waals surface area (Å²) in [5.41, 5.74) is 0. The van der Waals surface area contributed by atoms with Crippen molar-refractivity contribution < 1.29 is 9.90 Å². The monoisotopic (exact) mass is 308 g/mol. The molecule has 0 unspecified atom stereocenters. The molecule has 0 aromatic rings. The highest BCUT2D eigenvalue weighted by Gasteiger charge is 1.93. The topological polar surface area (TPSA) is 37.3 Å². The number of aliphatic carboxylic acids is 1. The van der Waals surface area contributed by atoms with Crippen molar-refractivity contribution in [1.29, 1.82) is 0 Å². The third-order valence-corrected chi connectivity index (χ3v) is 3.84. The molecule has 22 heavy (non-hydrogen) atoms. The molecule has 0 amide bonds. The number of hydrogen-bond donors (Lipinski definition) is 1. The Bertz CT molecular complexity index is 292. The van der Waals surface area contributed by atoms with Gasteiger partial charge < -0.3 is 5.11 Å². The maximum absolute atomic E-state index is 10.3. The first-order valence-electron chi connectivity index (χ1n) is 9.29. The lowest BCUT2D eigenvalue weighted by Crippen LogP contribution is -1.91. The Kier molecular flexibility index (Phi) is 17.1. The van der Waals surface area contributed by atoms with E-state index in [1.165, 1.54) is 64.2 Å². The van der Waals surface area contributed by atoms with Crippen molar-refractivity contribution in [1.82, 2.24) is 0 Å². The quantitative estimate of drug-likeness (QED) is 0.255. The molecule has 0 rings (SSSR count). The molecule has 0 saturated carbocycles. The van der Waals surface area contributed by atoms with Crippen LogP contribution in [0.5, 0.6) is 0 Å². The molecule has 1 N–H and O–H groups in total. The second-order valence-electron chi connectivity index (χ2n) is 6.04. The molecule has 0 heterocycles. The van der Waals surface area contributed by atoms with E-state index in [2.05, 4.69) is 25.2 Å². The number of carboxylic acid groups (broad SMARTS) is 1. The largest absolute Gasteiger partial charge is 0.481 e. The van der Waals surface area contributed by atoms with E-state index >= 15 is 0 Å². The molecule has 128 valence electrons. The molecular formula is C20H36O2. The minimum atomic E-state index is -0.706. The molecule has 0 aromatic heterocycles. The van der Waals surface area contributed by atoms with Gasteiger partial charge in [0, 0.05) is 6.42 Å². The fraction of sp³-hybridized carbons (Fsp3) is 0.750. The van der Waals surface area contributed by atoms with Gasteiger partial charge in [0.1, 0.15) is 0 Å².